The van der Waals surface area contributed by atoms with Gasteiger partial charge in [0.2, 0.25) is 0 Å². The van der Waals surface area contributed by atoms with Gasteiger partial charge in [0.15, 0.2) is 0 Å². The van der Waals surface area contributed by atoms with Gasteiger partial charge < -0.3 is 5.11 Å². The smallest absolute Gasteiger partial charge is 0.303 e. The molecule has 72 valence electrons. The largest absolute Gasteiger partial charge is 0.481 e. The maximum absolute atomic E-state index is 12.3. The topological polar surface area (TPSA) is 50.2 Å². The standard InChI is InChI=1S/C8H10FNO2S/c1-5-6(4-9)13-7(10-5)2-3-8(11)12/h2-4H2,1H3,(H,11,12). The van der Waals surface area contributed by atoms with E-state index in [2.05, 4.69) is 4.98 Å². The molecule has 5 heteroatoms. The number of rotatable bonds is 4. The molecule has 0 aromatic carbocycles. The summed E-state index contributed by atoms with van der Waals surface area (Å²) in [6.07, 6.45) is 0.444. The van der Waals surface area contributed by atoms with Crippen LogP contribution in [0.15, 0.2) is 0 Å². The van der Waals surface area contributed by atoms with Crippen LogP contribution in [0.2, 0.25) is 0 Å². The van der Waals surface area contributed by atoms with Crippen LogP contribution in [0.1, 0.15) is 22.0 Å². The first kappa shape index (κ1) is 10.1. The molecular formula is C8H10FNO2S. The average Bonchev–Trinajstić information content (AvgIpc) is 2.43. The Bertz CT molecular complexity index is 311. The molecule has 0 saturated carbocycles. The predicted octanol–water partition coefficient (Wildman–Crippen LogP) is 1.94. The molecule has 0 aliphatic carbocycles. The molecule has 0 saturated heterocycles. The number of alkyl halides is 1. The summed E-state index contributed by atoms with van der Waals surface area (Å²) in [4.78, 5) is 14.9. The van der Waals surface area contributed by atoms with E-state index in [9.17, 15) is 9.18 Å². The zero-order valence-corrected chi connectivity index (χ0v) is 8.03. The molecule has 1 aromatic heterocycles. The molecule has 1 aromatic rings. The van der Waals surface area contributed by atoms with Crippen LogP contribution in [0.4, 0.5) is 4.39 Å². The van der Waals surface area contributed by atoms with E-state index in [1.807, 2.05) is 0 Å². The summed E-state index contributed by atoms with van der Waals surface area (Å²) < 4.78 is 12.3. The minimum absolute atomic E-state index is 0.0542. The van der Waals surface area contributed by atoms with Gasteiger partial charge in [0.1, 0.15) is 6.67 Å². The van der Waals surface area contributed by atoms with Crippen molar-refractivity contribution in [2.24, 2.45) is 0 Å². The van der Waals surface area contributed by atoms with E-state index in [-0.39, 0.29) is 6.42 Å². The zero-order valence-electron chi connectivity index (χ0n) is 7.21. The summed E-state index contributed by atoms with van der Waals surface area (Å²) in [6.45, 7) is 1.21. The summed E-state index contributed by atoms with van der Waals surface area (Å²) in [6, 6.07) is 0. The molecule has 0 atom stereocenters. The molecule has 0 unspecified atom stereocenters. The quantitative estimate of drug-likeness (QED) is 0.813. The number of aliphatic carboxylic acids is 1. The fourth-order valence-corrected chi connectivity index (χ4v) is 1.85. The molecular weight excluding hydrogens is 193 g/mol. The number of hydrogen-bond acceptors (Lipinski definition) is 3. The van der Waals surface area contributed by atoms with Gasteiger partial charge in [-0.15, -0.1) is 11.3 Å². The van der Waals surface area contributed by atoms with Crippen LogP contribution >= 0.6 is 11.3 Å². The monoisotopic (exact) mass is 203 g/mol. The van der Waals surface area contributed by atoms with Crippen molar-refractivity contribution in [1.82, 2.24) is 4.98 Å². The lowest BCUT2D eigenvalue weighted by molar-refractivity contribution is -0.136. The maximum Gasteiger partial charge on any atom is 0.303 e. The molecule has 1 N–H and O–H groups in total. The van der Waals surface area contributed by atoms with Crippen LogP contribution in [-0.4, -0.2) is 16.1 Å². The molecule has 13 heavy (non-hydrogen) atoms. The lowest BCUT2D eigenvalue weighted by Gasteiger charge is -1.89. The normalized spacial score (nSPS) is 10.3. The van der Waals surface area contributed by atoms with Gasteiger partial charge in [-0.2, -0.15) is 0 Å². The van der Waals surface area contributed by atoms with Gasteiger partial charge in [-0.1, -0.05) is 0 Å². The van der Waals surface area contributed by atoms with Gasteiger partial charge in [-0.3, -0.25) is 4.79 Å². The Balaban J connectivity index is 2.62. The second-order valence-electron chi connectivity index (χ2n) is 2.64. The Hall–Kier alpha value is -0.970. The van der Waals surface area contributed by atoms with Gasteiger partial charge in [-0.05, 0) is 6.92 Å². The molecule has 0 aliphatic heterocycles. The maximum atomic E-state index is 12.3. The van der Waals surface area contributed by atoms with E-state index < -0.39 is 12.6 Å². The fourth-order valence-electron chi connectivity index (χ4n) is 0.933. The lowest BCUT2D eigenvalue weighted by Crippen LogP contribution is -1.96. The van der Waals surface area contributed by atoms with Crippen LogP contribution < -0.4 is 0 Å². The number of aromatic nitrogens is 1. The number of nitrogens with zero attached hydrogens (tertiary/aromatic N) is 1. The Morgan fingerprint density at radius 1 is 1.69 bits per heavy atom. The first-order chi connectivity index (χ1) is 6.13. The van der Waals surface area contributed by atoms with E-state index in [1.54, 1.807) is 6.92 Å². The number of aryl methyl sites for hydroxylation is 2. The van der Waals surface area contributed by atoms with Crippen molar-refractivity contribution in [3.63, 3.8) is 0 Å². The first-order valence-corrected chi connectivity index (χ1v) is 4.68. The van der Waals surface area contributed by atoms with E-state index in [1.165, 1.54) is 11.3 Å². The highest BCUT2D eigenvalue weighted by atomic mass is 32.1. The molecule has 0 fully saturated rings. The van der Waals surface area contributed by atoms with Crippen molar-refractivity contribution in [1.29, 1.82) is 0 Å². The van der Waals surface area contributed by atoms with Crippen LogP contribution in [-0.2, 0) is 17.9 Å². The molecule has 0 radical (unpaired) electrons. The predicted molar refractivity (Wildman–Crippen MR) is 47.6 cm³/mol. The van der Waals surface area contributed by atoms with Gasteiger partial charge in [0.25, 0.3) is 0 Å². The highest BCUT2D eigenvalue weighted by Gasteiger charge is 2.08. The molecule has 1 rings (SSSR count). The minimum Gasteiger partial charge on any atom is -0.481 e. The number of carbonyl (C=O) groups is 1. The highest BCUT2D eigenvalue weighted by molar-refractivity contribution is 7.11. The number of carboxylic acid groups (broad SMARTS) is 1. The van der Waals surface area contributed by atoms with Crippen molar-refractivity contribution in [2.75, 3.05) is 0 Å². The third-order valence-electron chi connectivity index (χ3n) is 1.61. The van der Waals surface area contributed by atoms with Crippen molar-refractivity contribution >= 4 is 17.3 Å². The Labute approximate surface area is 79.2 Å². The summed E-state index contributed by atoms with van der Waals surface area (Å²) in [5, 5.41) is 9.11. The van der Waals surface area contributed by atoms with Crippen molar-refractivity contribution in [2.45, 2.75) is 26.4 Å². The average molecular weight is 203 g/mol. The molecule has 0 spiro atoms. The molecule has 0 amide bonds. The number of thiazole rings is 1. The summed E-state index contributed by atoms with van der Waals surface area (Å²) >= 11 is 1.25. The third-order valence-corrected chi connectivity index (χ3v) is 2.79. The van der Waals surface area contributed by atoms with Crippen molar-refractivity contribution in [3.05, 3.63) is 15.6 Å². The van der Waals surface area contributed by atoms with Crippen LogP contribution in [0.3, 0.4) is 0 Å². The fraction of sp³-hybridized carbons (Fsp3) is 0.500. The third kappa shape index (κ3) is 2.77. The van der Waals surface area contributed by atoms with Crippen molar-refractivity contribution < 1.29 is 14.3 Å². The van der Waals surface area contributed by atoms with Crippen molar-refractivity contribution in [3.8, 4) is 0 Å². The summed E-state index contributed by atoms with van der Waals surface area (Å²) in [7, 11) is 0. The number of hydrogen-bond donors (Lipinski definition) is 1. The van der Waals surface area contributed by atoms with E-state index in [0.29, 0.717) is 22.0 Å². The van der Waals surface area contributed by atoms with Crippen LogP contribution in [0.5, 0.6) is 0 Å². The Morgan fingerprint density at radius 3 is 2.85 bits per heavy atom. The van der Waals surface area contributed by atoms with Gasteiger partial charge >= 0.3 is 5.97 Å². The molecule has 1 heterocycles. The Morgan fingerprint density at radius 2 is 2.38 bits per heavy atom. The van der Waals surface area contributed by atoms with Crippen LogP contribution in [0.25, 0.3) is 0 Å². The van der Waals surface area contributed by atoms with E-state index in [0.717, 1.165) is 0 Å². The molecule has 0 bridgehead atoms. The van der Waals surface area contributed by atoms with Gasteiger partial charge in [0, 0.05) is 6.42 Å². The van der Waals surface area contributed by atoms with E-state index >= 15 is 0 Å². The molecule has 3 nitrogen and oxygen atoms in total. The van der Waals surface area contributed by atoms with Gasteiger partial charge in [-0.25, -0.2) is 9.37 Å². The highest BCUT2D eigenvalue weighted by Crippen LogP contribution is 2.19. The summed E-state index contributed by atoms with van der Waals surface area (Å²) in [5.41, 5.74) is 0.674. The SMILES string of the molecule is Cc1nc(CCC(=O)O)sc1CF. The second-order valence-corrected chi connectivity index (χ2v) is 3.81. The van der Waals surface area contributed by atoms with Gasteiger partial charge in [0.05, 0.1) is 22.0 Å². The first-order valence-electron chi connectivity index (χ1n) is 3.86. The van der Waals surface area contributed by atoms with Crippen LogP contribution in [0, 0.1) is 6.92 Å². The lowest BCUT2D eigenvalue weighted by atomic mass is 10.3. The second kappa shape index (κ2) is 4.32. The van der Waals surface area contributed by atoms with E-state index in [4.69, 9.17) is 5.11 Å². The minimum atomic E-state index is -0.852. The number of carboxylic acids is 1. The number of halogens is 1. The summed E-state index contributed by atoms with van der Waals surface area (Å²) in [5.74, 6) is -0.852. The zero-order chi connectivity index (χ0) is 9.84. The Kier molecular flexibility index (Phi) is 3.36. The molecule has 0 aliphatic rings.